The van der Waals surface area contributed by atoms with Gasteiger partial charge in [-0.3, -0.25) is 10.2 Å². The predicted molar refractivity (Wildman–Crippen MR) is 102 cm³/mol. The molecule has 1 aromatic heterocycles. The second-order valence-corrected chi connectivity index (χ2v) is 7.76. The average molecular weight is 443 g/mol. The first kappa shape index (κ1) is 20.8. The van der Waals surface area contributed by atoms with Crippen molar-refractivity contribution in [3.63, 3.8) is 0 Å². The van der Waals surface area contributed by atoms with Crippen molar-refractivity contribution in [2.45, 2.75) is 18.1 Å². The SMILES string of the molecule is O=C(NC[C@H](c1cccs1)N1CCOCC1)NC1(C(F)(F)F)Oc2ccccc2O1. The van der Waals surface area contributed by atoms with E-state index in [4.69, 9.17) is 14.2 Å². The number of halogens is 3. The molecule has 2 aliphatic rings. The molecule has 1 fully saturated rings. The molecule has 0 radical (unpaired) electrons. The van der Waals surface area contributed by atoms with Crippen LogP contribution in [0.4, 0.5) is 18.0 Å². The van der Waals surface area contributed by atoms with E-state index in [2.05, 4.69) is 10.2 Å². The molecule has 3 heterocycles. The molecule has 2 amide bonds. The van der Waals surface area contributed by atoms with E-state index >= 15 is 0 Å². The zero-order valence-corrected chi connectivity index (χ0v) is 16.6. The Hall–Kier alpha value is -2.50. The number of nitrogens with zero attached hydrogens (tertiary/aromatic N) is 1. The number of fused-ring (bicyclic) bond motifs is 1. The fourth-order valence-electron chi connectivity index (χ4n) is 3.35. The van der Waals surface area contributed by atoms with Crippen LogP contribution < -0.4 is 20.1 Å². The fourth-order valence-corrected chi connectivity index (χ4v) is 4.21. The summed E-state index contributed by atoms with van der Waals surface area (Å²) in [6, 6.07) is 8.32. The van der Waals surface area contributed by atoms with E-state index < -0.39 is 18.1 Å². The molecule has 2 aliphatic heterocycles. The molecule has 1 aromatic carbocycles. The van der Waals surface area contributed by atoms with Crippen LogP contribution in [0.3, 0.4) is 0 Å². The van der Waals surface area contributed by atoms with E-state index in [1.54, 1.807) is 0 Å². The normalized spacial score (nSPS) is 19.3. The third-order valence-corrected chi connectivity index (χ3v) is 5.80. The Balaban J connectivity index is 1.44. The maximum absolute atomic E-state index is 13.7. The quantitative estimate of drug-likeness (QED) is 0.743. The highest BCUT2D eigenvalue weighted by molar-refractivity contribution is 7.10. The molecule has 0 aliphatic carbocycles. The highest BCUT2D eigenvalue weighted by Gasteiger charge is 2.65. The van der Waals surface area contributed by atoms with Gasteiger partial charge in [0.1, 0.15) is 0 Å². The highest BCUT2D eigenvalue weighted by Crippen LogP contribution is 2.44. The molecule has 1 atom stereocenters. The van der Waals surface area contributed by atoms with Gasteiger partial charge in [0.2, 0.25) is 0 Å². The van der Waals surface area contributed by atoms with Crippen LogP contribution in [0.2, 0.25) is 0 Å². The van der Waals surface area contributed by atoms with Gasteiger partial charge in [-0.05, 0) is 23.6 Å². The van der Waals surface area contributed by atoms with Crippen molar-refractivity contribution >= 4 is 17.4 Å². The summed E-state index contributed by atoms with van der Waals surface area (Å²) in [4.78, 5) is 15.6. The number of carbonyl (C=O) groups is 1. The molecule has 4 rings (SSSR count). The number of hydrogen-bond donors (Lipinski definition) is 2. The van der Waals surface area contributed by atoms with E-state index in [0.717, 1.165) is 4.88 Å². The lowest BCUT2D eigenvalue weighted by atomic mass is 10.2. The molecule has 162 valence electrons. The Bertz CT molecular complexity index is 847. The van der Waals surface area contributed by atoms with E-state index in [-0.39, 0.29) is 24.1 Å². The number of alkyl halides is 3. The lowest BCUT2D eigenvalue weighted by molar-refractivity contribution is -0.317. The zero-order valence-electron chi connectivity index (χ0n) is 15.8. The lowest BCUT2D eigenvalue weighted by Crippen LogP contribution is -2.66. The molecule has 30 heavy (non-hydrogen) atoms. The standard InChI is InChI=1S/C19H20F3N3O4S/c20-18(21,22)19(28-14-4-1-2-5-15(14)29-19)24-17(26)23-12-13(16-6-3-11-30-16)25-7-9-27-10-8-25/h1-6,11,13H,7-10,12H2,(H2,23,24,26)/t13-/m1/s1. The number of amides is 2. The smallest absolute Gasteiger partial charge is 0.424 e. The van der Waals surface area contributed by atoms with Crippen molar-refractivity contribution in [1.82, 2.24) is 15.5 Å². The number of morpholine rings is 1. The minimum Gasteiger partial charge on any atom is -0.424 e. The summed E-state index contributed by atoms with van der Waals surface area (Å²) >= 11 is 1.52. The van der Waals surface area contributed by atoms with Crippen molar-refractivity contribution in [3.8, 4) is 11.5 Å². The van der Waals surface area contributed by atoms with E-state index in [1.165, 1.54) is 35.6 Å². The van der Waals surface area contributed by atoms with Crippen molar-refractivity contribution < 1.29 is 32.2 Å². The number of para-hydroxylation sites is 2. The van der Waals surface area contributed by atoms with Crippen LogP contribution >= 0.6 is 11.3 Å². The number of thiophene rings is 1. The molecule has 2 aromatic rings. The highest BCUT2D eigenvalue weighted by atomic mass is 32.1. The van der Waals surface area contributed by atoms with Crippen molar-refractivity contribution in [2.24, 2.45) is 0 Å². The Morgan fingerprint density at radius 2 is 1.80 bits per heavy atom. The van der Waals surface area contributed by atoms with Gasteiger partial charge in [0.15, 0.2) is 11.5 Å². The van der Waals surface area contributed by atoms with Crippen molar-refractivity contribution in [3.05, 3.63) is 46.7 Å². The van der Waals surface area contributed by atoms with Crippen LogP contribution in [0.1, 0.15) is 10.9 Å². The van der Waals surface area contributed by atoms with E-state index in [9.17, 15) is 18.0 Å². The second kappa shape index (κ2) is 8.32. The fraction of sp³-hybridized carbons (Fsp3) is 0.421. The predicted octanol–water partition coefficient (Wildman–Crippen LogP) is 3.11. The summed E-state index contributed by atoms with van der Waals surface area (Å²) in [5.74, 6) is -3.47. The minimum atomic E-state index is -5.00. The van der Waals surface area contributed by atoms with Crippen molar-refractivity contribution in [2.75, 3.05) is 32.8 Å². The molecule has 0 saturated carbocycles. The maximum atomic E-state index is 13.7. The Kier molecular flexibility index (Phi) is 5.76. The monoisotopic (exact) mass is 443 g/mol. The summed E-state index contributed by atoms with van der Waals surface area (Å²) in [6.07, 6.45) is -5.00. The number of hydrogen-bond acceptors (Lipinski definition) is 6. The number of benzene rings is 1. The van der Waals surface area contributed by atoms with Gasteiger partial charge in [0, 0.05) is 24.5 Å². The molecule has 7 nitrogen and oxygen atoms in total. The van der Waals surface area contributed by atoms with Crippen molar-refractivity contribution in [1.29, 1.82) is 0 Å². The van der Waals surface area contributed by atoms with Gasteiger partial charge in [0.05, 0.1) is 19.3 Å². The Morgan fingerprint density at radius 3 is 2.37 bits per heavy atom. The van der Waals surface area contributed by atoms with Crippen LogP contribution in [0, 0.1) is 0 Å². The van der Waals surface area contributed by atoms with Gasteiger partial charge in [-0.2, -0.15) is 13.2 Å². The second-order valence-electron chi connectivity index (χ2n) is 6.78. The average Bonchev–Trinajstić information content (AvgIpc) is 3.36. The first-order valence-corrected chi connectivity index (χ1v) is 10.2. The van der Waals surface area contributed by atoms with E-state index in [1.807, 2.05) is 22.8 Å². The molecular weight excluding hydrogens is 423 g/mol. The Labute approximate surface area is 174 Å². The first-order valence-electron chi connectivity index (χ1n) is 9.33. The molecule has 0 unspecified atom stereocenters. The third-order valence-electron chi connectivity index (χ3n) is 4.82. The zero-order chi connectivity index (χ0) is 21.2. The van der Waals surface area contributed by atoms with Gasteiger partial charge < -0.3 is 19.5 Å². The number of rotatable bonds is 5. The van der Waals surface area contributed by atoms with Crippen LogP contribution in [-0.4, -0.2) is 55.9 Å². The molecule has 11 heteroatoms. The maximum Gasteiger partial charge on any atom is 0.492 e. The summed E-state index contributed by atoms with van der Waals surface area (Å²) in [6.45, 7) is 2.57. The summed E-state index contributed by atoms with van der Waals surface area (Å²) in [5.41, 5.74) is 0. The third kappa shape index (κ3) is 4.18. The number of urea groups is 1. The lowest BCUT2D eigenvalue weighted by Gasteiger charge is -2.34. The van der Waals surface area contributed by atoms with Gasteiger partial charge in [-0.25, -0.2) is 4.79 Å². The van der Waals surface area contributed by atoms with Gasteiger partial charge in [-0.15, -0.1) is 11.3 Å². The van der Waals surface area contributed by atoms with E-state index in [0.29, 0.717) is 26.3 Å². The molecular formula is C19H20F3N3O4S. The molecule has 0 spiro atoms. The summed E-state index contributed by atoms with van der Waals surface area (Å²) in [5, 5.41) is 6.27. The number of carbonyl (C=O) groups excluding carboxylic acids is 1. The van der Waals surface area contributed by atoms with Crippen LogP contribution in [0.15, 0.2) is 41.8 Å². The number of nitrogens with one attached hydrogen (secondary N) is 2. The summed E-state index contributed by atoms with van der Waals surface area (Å²) < 4.78 is 56.6. The minimum absolute atomic E-state index is 0.0973. The van der Waals surface area contributed by atoms with Gasteiger partial charge in [-0.1, -0.05) is 18.2 Å². The largest absolute Gasteiger partial charge is 0.492 e. The molecule has 2 N–H and O–H groups in total. The molecule has 1 saturated heterocycles. The number of ether oxygens (including phenoxy) is 3. The van der Waals surface area contributed by atoms with Crippen LogP contribution in [-0.2, 0) is 4.74 Å². The van der Waals surface area contributed by atoms with Crippen LogP contribution in [0.5, 0.6) is 11.5 Å². The summed E-state index contributed by atoms with van der Waals surface area (Å²) in [7, 11) is 0. The first-order chi connectivity index (χ1) is 14.4. The molecule has 0 bridgehead atoms. The van der Waals surface area contributed by atoms with Gasteiger partial charge >= 0.3 is 18.1 Å². The van der Waals surface area contributed by atoms with Crippen LogP contribution in [0.25, 0.3) is 0 Å². The topological polar surface area (TPSA) is 72.1 Å². The Morgan fingerprint density at radius 1 is 1.13 bits per heavy atom. The van der Waals surface area contributed by atoms with Gasteiger partial charge in [0.25, 0.3) is 0 Å².